The van der Waals surface area contributed by atoms with E-state index in [4.69, 9.17) is 4.74 Å². The number of benzene rings is 2. The second kappa shape index (κ2) is 9.40. The summed E-state index contributed by atoms with van der Waals surface area (Å²) in [5.74, 6) is 0.945. The maximum atomic E-state index is 6.02. The van der Waals surface area contributed by atoms with E-state index in [1.165, 1.54) is 11.1 Å². The molecule has 0 bridgehead atoms. The Morgan fingerprint density at radius 1 is 1.08 bits per heavy atom. The fourth-order valence-electron chi connectivity index (χ4n) is 3.38. The summed E-state index contributed by atoms with van der Waals surface area (Å²) in [5.41, 5.74) is 2.53. The first-order chi connectivity index (χ1) is 12.4. The average molecular weight is 336 g/mol. The molecule has 132 valence electrons. The van der Waals surface area contributed by atoms with Crippen molar-refractivity contribution in [2.45, 2.75) is 25.5 Å². The van der Waals surface area contributed by atoms with Crippen LogP contribution in [-0.2, 0) is 6.61 Å². The standard InChI is InChI=1S/C22H28N2O/c1-2-3-12-22(24-15-13-23-14-16-24)20-10-7-11-21(17-20)25-18-19-8-5-4-6-9-19/h2,4-11,17,22-23H,1,3,12-16,18H2/t22-/m1/s1. The van der Waals surface area contributed by atoms with Crippen LogP contribution in [0.3, 0.4) is 0 Å². The first kappa shape index (κ1) is 17.7. The van der Waals surface area contributed by atoms with Gasteiger partial charge in [0, 0.05) is 32.2 Å². The molecule has 3 nitrogen and oxygen atoms in total. The third kappa shape index (κ3) is 5.18. The van der Waals surface area contributed by atoms with Gasteiger partial charge in [0.15, 0.2) is 0 Å². The van der Waals surface area contributed by atoms with E-state index in [0.717, 1.165) is 44.8 Å². The van der Waals surface area contributed by atoms with Crippen molar-refractivity contribution in [2.75, 3.05) is 26.2 Å². The maximum Gasteiger partial charge on any atom is 0.120 e. The molecule has 1 atom stereocenters. The normalized spacial score (nSPS) is 16.3. The first-order valence-corrected chi connectivity index (χ1v) is 9.19. The molecule has 25 heavy (non-hydrogen) atoms. The molecule has 1 heterocycles. The fraction of sp³-hybridized carbons (Fsp3) is 0.364. The van der Waals surface area contributed by atoms with Gasteiger partial charge in [-0.3, -0.25) is 4.90 Å². The molecule has 0 saturated carbocycles. The largest absolute Gasteiger partial charge is 0.489 e. The zero-order chi connectivity index (χ0) is 17.3. The Morgan fingerprint density at radius 2 is 1.88 bits per heavy atom. The average Bonchev–Trinajstić information content (AvgIpc) is 2.69. The number of nitrogens with one attached hydrogen (secondary N) is 1. The molecule has 3 rings (SSSR count). The van der Waals surface area contributed by atoms with Crippen molar-refractivity contribution < 1.29 is 4.74 Å². The molecular formula is C22H28N2O. The molecule has 0 aromatic heterocycles. The lowest BCUT2D eigenvalue weighted by molar-refractivity contribution is 0.166. The van der Waals surface area contributed by atoms with Crippen molar-refractivity contribution >= 4 is 0 Å². The molecule has 0 aliphatic carbocycles. The molecule has 0 radical (unpaired) electrons. The minimum absolute atomic E-state index is 0.431. The molecule has 0 unspecified atom stereocenters. The Kier molecular flexibility index (Phi) is 6.66. The van der Waals surface area contributed by atoms with Gasteiger partial charge in [0.1, 0.15) is 12.4 Å². The second-order valence-electron chi connectivity index (χ2n) is 6.51. The zero-order valence-electron chi connectivity index (χ0n) is 14.9. The van der Waals surface area contributed by atoms with E-state index < -0.39 is 0 Å². The molecule has 1 saturated heterocycles. The summed E-state index contributed by atoms with van der Waals surface area (Å²) in [4.78, 5) is 2.58. The third-order valence-corrected chi connectivity index (χ3v) is 4.73. The number of piperazine rings is 1. The van der Waals surface area contributed by atoms with Crippen molar-refractivity contribution in [1.29, 1.82) is 0 Å². The lowest BCUT2D eigenvalue weighted by atomic mass is 9.99. The summed E-state index contributed by atoms with van der Waals surface area (Å²) < 4.78 is 6.02. The van der Waals surface area contributed by atoms with Gasteiger partial charge in [0.05, 0.1) is 0 Å². The zero-order valence-corrected chi connectivity index (χ0v) is 14.9. The van der Waals surface area contributed by atoms with Crippen LogP contribution < -0.4 is 10.1 Å². The maximum absolute atomic E-state index is 6.02. The highest BCUT2D eigenvalue weighted by Gasteiger charge is 2.21. The van der Waals surface area contributed by atoms with E-state index in [9.17, 15) is 0 Å². The minimum Gasteiger partial charge on any atom is -0.489 e. The van der Waals surface area contributed by atoms with Crippen LogP contribution in [0, 0.1) is 0 Å². The number of hydrogen-bond acceptors (Lipinski definition) is 3. The van der Waals surface area contributed by atoms with Gasteiger partial charge in [-0.15, -0.1) is 6.58 Å². The molecule has 0 amide bonds. The molecule has 1 fully saturated rings. The van der Waals surface area contributed by atoms with Crippen LogP contribution in [0.4, 0.5) is 0 Å². The van der Waals surface area contributed by atoms with Crippen LogP contribution in [-0.4, -0.2) is 31.1 Å². The van der Waals surface area contributed by atoms with Crippen molar-refractivity contribution in [3.63, 3.8) is 0 Å². The summed E-state index contributed by atoms with van der Waals surface area (Å²) >= 11 is 0. The van der Waals surface area contributed by atoms with Gasteiger partial charge in [-0.25, -0.2) is 0 Å². The molecule has 1 aliphatic rings. The monoisotopic (exact) mass is 336 g/mol. The highest BCUT2D eigenvalue weighted by molar-refractivity contribution is 5.31. The molecule has 2 aromatic carbocycles. The molecule has 1 N–H and O–H groups in total. The number of ether oxygens (including phenoxy) is 1. The number of allylic oxidation sites excluding steroid dienone is 1. The van der Waals surface area contributed by atoms with Crippen LogP contribution in [0.5, 0.6) is 5.75 Å². The van der Waals surface area contributed by atoms with E-state index in [1.54, 1.807) is 0 Å². The van der Waals surface area contributed by atoms with Gasteiger partial charge in [-0.1, -0.05) is 48.5 Å². The quantitative estimate of drug-likeness (QED) is 0.732. The number of hydrogen-bond donors (Lipinski definition) is 1. The SMILES string of the molecule is C=CCC[C@H](c1cccc(OCc2ccccc2)c1)N1CCNCC1. The van der Waals surface area contributed by atoms with Gasteiger partial charge in [0.25, 0.3) is 0 Å². The molecular weight excluding hydrogens is 308 g/mol. The molecule has 3 heteroatoms. The predicted octanol–water partition coefficient (Wildman–Crippen LogP) is 4.18. The van der Waals surface area contributed by atoms with E-state index in [2.05, 4.69) is 53.2 Å². The Morgan fingerprint density at radius 3 is 2.64 bits per heavy atom. The fourth-order valence-corrected chi connectivity index (χ4v) is 3.38. The van der Waals surface area contributed by atoms with E-state index in [1.807, 2.05) is 24.3 Å². The lowest BCUT2D eigenvalue weighted by Crippen LogP contribution is -2.45. The third-order valence-electron chi connectivity index (χ3n) is 4.73. The smallest absolute Gasteiger partial charge is 0.120 e. The van der Waals surface area contributed by atoms with Crippen molar-refractivity contribution in [3.8, 4) is 5.75 Å². The highest BCUT2D eigenvalue weighted by Crippen LogP contribution is 2.29. The van der Waals surface area contributed by atoms with Gasteiger partial charge < -0.3 is 10.1 Å². The Labute approximate surface area is 151 Å². The second-order valence-corrected chi connectivity index (χ2v) is 6.51. The molecule has 2 aromatic rings. The van der Waals surface area contributed by atoms with E-state index >= 15 is 0 Å². The van der Waals surface area contributed by atoms with Crippen molar-refractivity contribution in [3.05, 3.63) is 78.4 Å². The summed E-state index contributed by atoms with van der Waals surface area (Å²) in [7, 11) is 0. The summed E-state index contributed by atoms with van der Waals surface area (Å²) in [6.07, 6.45) is 4.15. The van der Waals surface area contributed by atoms with Crippen LogP contribution in [0.15, 0.2) is 67.3 Å². The molecule has 1 aliphatic heterocycles. The highest BCUT2D eigenvalue weighted by atomic mass is 16.5. The lowest BCUT2D eigenvalue weighted by Gasteiger charge is -2.35. The minimum atomic E-state index is 0.431. The predicted molar refractivity (Wildman–Crippen MR) is 104 cm³/mol. The Balaban J connectivity index is 1.71. The Hall–Kier alpha value is -2.10. The Bertz CT molecular complexity index is 650. The van der Waals surface area contributed by atoms with Crippen LogP contribution >= 0.6 is 0 Å². The van der Waals surface area contributed by atoms with Gasteiger partial charge in [0.2, 0.25) is 0 Å². The molecule has 0 spiro atoms. The van der Waals surface area contributed by atoms with Crippen LogP contribution in [0.25, 0.3) is 0 Å². The van der Waals surface area contributed by atoms with Crippen LogP contribution in [0.1, 0.15) is 30.0 Å². The van der Waals surface area contributed by atoms with Gasteiger partial charge >= 0.3 is 0 Å². The number of rotatable bonds is 8. The first-order valence-electron chi connectivity index (χ1n) is 9.19. The van der Waals surface area contributed by atoms with E-state index in [0.29, 0.717) is 12.6 Å². The van der Waals surface area contributed by atoms with Crippen molar-refractivity contribution in [1.82, 2.24) is 10.2 Å². The summed E-state index contributed by atoms with van der Waals surface area (Å²) in [6, 6.07) is 19.3. The van der Waals surface area contributed by atoms with E-state index in [-0.39, 0.29) is 0 Å². The van der Waals surface area contributed by atoms with Crippen LogP contribution in [0.2, 0.25) is 0 Å². The number of nitrogens with zero attached hydrogens (tertiary/aromatic N) is 1. The summed E-state index contributed by atoms with van der Waals surface area (Å²) in [5, 5.41) is 3.44. The summed E-state index contributed by atoms with van der Waals surface area (Å²) in [6.45, 7) is 8.82. The van der Waals surface area contributed by atoms with Gasteiger partial charge in [-0.2, -0.15) is 0 Å². The van der Waals surface area contributed by atoms with Gasteiger partial charge in [-0.05, 0) is 36.1 Å². The topological polar surface area (TPSA) is 24.5 Å². The van der Waals surface area contributed by atoms with Crippen molar-refractivity contribution in [2.24, 2.45) is 0 Å².